The molecule has 0 spiro atoms. The van der Waals surface area contributed by atoms with Crippen molar-refractivity contribution in [1.29, 1.82) is 0 Å². The number of nitrogens with zero attached hydrogens (tertiary/aromatic N) is 1. The molecule has 1 unspecified atom stereocenters. The molecule has 4 heteroatoms. The Balaban J connectivity index is 2.02. The number of halogens is 2. The Bertz CT molecular complexity index is 461. The molecule has 2 nitrogen and oxygen atoms in total. The first-order chi connectivity index (χ1) is 9.06. The van der Waals surface area contributed by atoms with Gasteiger partial charge in [-0.25, -0.2) is 0 Å². The number of hydrogen-bond acceptors (Lipinski definition) is 2. The molecule has 1 aliphatic rings. The molecule has 0 N–H and O–H groups in total. The van der Waals surface area contributed by atoms with Crippen molar-refractivity contribution in [3.8, 4) is 0 Å². The molecule has 0 radical (unpaired) electrons. The minimum absolute atomic E-state index is 0.0575. The molecular weight excluding hydrogens is 281 g/mol. The van der Waals surface area contributed by atoms with Crippen LogP contribution in [0, 0.1) is 5.92 Å². The Morgan fingerprint density at radius 3 is 2.89 bits per heavy atom. The van der Waals surface area contributed by atoms with E-state index in [-0.39, 0.29) is 5.78 Å². The van der Waals surface area contributed by atoms with Crippen LogP contribution in [0.2, 0.25) is 10.0 Å². The van der Waals surface area contributed by atoms with Gasteiger partial charge in [-0.05, 0) is 56.5 Å². The molecular formula is C15H19Cl2NO. The molecule has 0 bridgehead atoms. The van der Waals surface area contributed by atoms with Crippen molar-refractivity contribution in [3.05, 3.63) is 33.8 Å². The molecule has 1 heterocycles. The van der Waals surface area contributed by atoms with Crippen LogP contribution in [-0.2, 0) is 0 Å². The number of Topliss-reactive ketones (excluding diaryl/α,β-unsaturated/α-hetero) is 1. The van der Waals surface area contributed by atoms with Gasteiger partial charge in [0.2, 0.25) is 0 Å². The lowest BCUT2D eigenvalue weighted by Crippen LogP contribution is -2.31. The van der Waals surface area contributed by atoms with E-state index < -0.39 is 0 Å². The minimum Gasteiger partial charge on any atom is -0.296 e. The predicted molar refractivity (Wildman–Crippen MR) is 80.2 cm³/mol. The lowest BCUT2D eigenvalue weighted by atomic mass is 10.0. The van der Waals surface area contributed by atoms with Gasteiger partial charge in [0.05, 0.1) is 11.6 Å². The van der Waals surface area contributed by atoms with E-state index in [0.717, 1.165) is 31.8 Å². The van der Waals surface area contributed by atoms with Crippen molar-refractivity contribution in [3.63, 3.8) is 0 Å². The van der Waals surface area contributed by atoms with Gasteiger partial charge in [0.15, 0.2) is 5.78 Å². The quantitative estimate of drug-likeness (QED) is 0.776. The van der Waals surface area contributed by atoms with Crippen molar-refractivity contribution in [2.75, 3.05) is 19.6 Å². The standard InChI is InChI=1S/C15H19Cl2NO/c1-11-3-2-7-18(8-6-11)10-15(19)13-9-12(16)4-5-14(13)17/h4-5,9,11H,2-3,6-8,10H2,1H3. The van der Waals surface area contributed by atoms with E-state index >= 15 is 0 Å². The zero-order valence-corrected chi connectivity index (χ0v) is 12.7. The van der Waals surface area contributed by atoms with E-state index in [1.807, 2.05) is 0 Å². The highest BCUT2D eigenvalue weighted by Gasteiger charge is 2.18. The Morgan fingerprint density at radius 2 is 2.11 bits per heavy atom. The van der Waals surface area contributed by atoms with Crippen LogP contribution < -0.4 is 0 Å². The number of rotatable bonds is 3. The monoisotopic (exact) mass is 299 g/mol. The molecule has 1 aromatic rings. The van der Waals surface area contributed by atoms with Crippen molar-refractivity contribution >= 4 is 29.0 Å². The molecule has 1 fully saturated rings. The highest BCUT2D eigenvalue weighted by molar-refractivity contribution is 6.36. The molecule has 1 aliphatic heterocycles. The molecule has 1 aromatic carbocycles. The summed E-state index contributed by atoms with van der Waals surface area (Å²) in [6.45, 7) is 4.70. The summed E-state index contributed by atoms with van der Waals surface area (Å²) in [7, 11) is 0. The fraction of sp³-hybridized carbons (Fsp3) is 0.533. The molecule has 104 valence electrons. The normalized spacial score (nSPS) is 21.1. The number of hydrogen-bond donors (Lipinski definition) is 0. The highest BCUT2D eigenvalue weighted by Crippen LogP contribution is 2.22. The SMILES string of the molecule is CC1CCCN(CC(=O)c2cc(Cl)ccc2Cl)CC1. The summed E-state index contributed by atoms with van der Waals surface area (Å²) >= 11 is 12.0. The topological polar surface area (TPSA) is 20.3 Å². The van der Waals surface area contributed by atoms with E-state index in [1.54, 1.807) is 18.2 Å². The van der Waals surface area contributed by atoms with Gasteiger partial charge >= 0.3 is 0 Å². The van der Waals surface area contributed by atoms with Crippen molar-refractivity contribution < 1.29 is 4.79 Å². The number of benzene rings is 1. The minimum atomic E-state index is 0.0575. The second kappa shape index (κ2) is 6.74. The first kappa shape index (κ1) is 14.8. The molecule has 2 rings (SSSR count). The van der Waals surface area contributed by atoms with E-state index in [1.165, 1.54) is 6.42 Å². The summed E-state index contributed by atoms with van der Waals surface area (Å²) in [5.41, 5.74) is 0.534. The lowest BCUT2D eigenvalue weighted by Gasteiger charge is -2.19. The summed E-state index contributed by atoms with van der Waals surface area (Å²) < 4.78 is 0. The predicted octanol–water partition coefficient (Wildman–Crippen LogP) is 4.30. The van der Waals surface area contributed by atoms with E-state index in [2.05, 4.69) is 11.8 Å². The van der Waals surface area contributed by atoms with Crippen LogP contribution in [0.3, 0.4) is 0 Å². The maximum absolute atomic E-state index is 12.3. The molecule has 1 atom stereocenters. The van der Waals surface area contributed by atoms with Crippen molar-refractivity contribution in [1.82, 2.24) is 4.90 Å². The zero-order chi connectivity index (χ0) is 13.8. The van der Waals surface area contributed by atoms with Crippen molar-refractivity contribution in [2.24, 2.45) is 5.92 Å². The van der Waals surface area contributed by atoms with Crippen LogP contribution in [-0.4, -0.2) is 30.3 Å². The van der Waals surface area contributed by atoms with Gasteiger partial charge in [-0.1, -0.05) is 30.1 Å². The summed E-state index contributed by atoms with van der Waals surface area (Å²) in [4.78, 5) is 14.5. The van der Waals surface area contributed by atoms with Crippen LogP contribution >= 0.6 is 23.2 Å². The molecule has 0 aromatic heterocycles. The third-order valence-electron chi connectivity index (χ3n) is 3.71. The maximum atomic E-state index is 12.3. The largest absolute Gasteiger partial charge is 0.296 e. The van der Waals surface area contributed by atoms with Gasteiger partial charge in [0, 0.05) is 10.6 Å². The van der Waals surface area contributed by atoms with Crippen LogP contribution in [0.5, 0.6) is 0 Å². The highest BCUT2D eigenvalue weighted by atomic mass is 35.5. The Kier molecular flexibility index (Phi) is 5.26. The number of carbonyl (C=O) groups excluding carboxylic acids is 1. The zero-order valence-electron chi connectivity index (χ0n) is 11.2. The van der Waals surface area contributed by atoms with Gasteiger partial charge in [0.1, 0.15) is 0 Å². The third-order valence-corrected chi connectivity index (χ3v) is 4.27. The number of likely N-dealkylation sites (tertiary alicyclic amines) is 1. The van der Waals surface area contributed by atoms with E-state index in [4.69, 9.17) is 23.2 Å². The first-order valence-corrected chi connectivity index (χ1v) is 7.52. The number of ketones is 1. The Hall–Kier alpha value is -0.570. The third kappa shape index (κ3) is 4.20. The van der Waals surface area contributed by atoms with Crippen LogP contribution in [0.1, 0.15) is 36.5 Å². The van der Waals surface area contributed by atoms with Gasteiger partial charge in [-0.3, -0.25) is 9.69 Å². The summed E-state index contributed by atoms with van der Waals surface area (Å²) in [6.07, 6.45) is 3.58. The Morgan fingerprint density at radius 1 is 1.32 bits per heavy atom. The van der Waals surface area contributed by atoms with Crippen LogP contribution in [0.25, 0.3) is 0 Å². The van der Waals surface area contributed by atoms with Crippen molar-refractivity contribution in [2.45, 2.75) is 26.2 Å². The summed E-state index contributed by atoms with van der Waals surface area (Å²) in [6, 6.07) is 5.04. The Labute approximate surface area is 124 Å². The van der Waals surface area contributed by atoms with Gasteiger partial charge < -0.3 is 0 Å². The van der Waals surface area contributed by atoms with Gasteiger partial charge in [0.25, 0.3) is 0 Å². The fourth-order valence-corrected chi connectivity index (χ4v) is 2.88. The molecule has 0 saturated carbocycles. The smallest absolute Gasteiger partial charge is 0.178 e. The summed E-state index contributed by atoms with van der Waals surface area (Å²) in [5, 5.41) is 1.04. The van der Waals surface area contributed by atoms with Crippen LogP contribution in [0.15, 0.2) is 18.2 Å². The molecule has 19 heavy (non-hydrogen) atoms. The molecule has 1 saturated heterocycles. The second-order valence-electron chi connectivity index (χ2n) is 5.36. The number of carbonyl (C=O) groups is 1. The lowest BCUT2D eigenvalue weighted by molar-refractivity contribution is 0.0932. The summed E-state index contributed by atoms with van der Waals surface area (Å²) in [5.74, 6) is 0.817. The average molecular weight is 300 g/mol. The van der Waals surface area contributed by atoms with E-state index in [0.29, 0.717) is 22.2 Å². The average Bonchev–Trinajstić information content (AvgIpc) is 2.57. The molecule has 0 aliphatic carbocycles. The first-order valence-electron chi connectivity index (χ1n) is 6.77. The van der Waals surface area contributed by atoms with E-state index in [9.17, 15) is 4.79 Å². The fourth-order valence-electron chi connectivity index (χ4n) is 2.48. The second-order valence-corrected chi connectivity index (χ2v) is 6.20. The maximum Gasteiger partial charge on any atom is 0.178 e. The van der Waals surface area contributed by atoms with Crippen LogP contribution in [0.4, 0.5) is 0 Å². The van der Waals surface area contributed by atoms with Gasteiger partial charge in [-0.15, -0.1) is 0 Å². The molecule has 0 amide bonds. The van der Waals surface area contributed by atoms with Gasteiger partial charge in [-0.2, -0.15) is 0 Å².